The number of fused-ring (bicyclic) bond motifs is 5. The van der Waals surface area contributed by atoms with Crippen LogP contribution in [0.5, 0.6) is 0 Å². The lowest BCUT2D eigenvalue weighted by Crippen LogP contribution is -2.51. The van der Waals surface area contributed by atoms with Gasteiger partial charge in [-0.15, -0.1) is 11.6 Å². The van der Waals surface area contributed by atoms with Crippen molar-refractivity contribution in [1.82, 2.24) is 0 Å². The Bertz CT molecular complexity index is 759. The molecule has 0 amide bonds. The van der Waals surface area contributed by atoms with E-state index in [4.69, 9.17) is 16.3 Å². The number of rotatable bonds is 8. The van der Waals surface area contributed by atoms with E-state index >= 15 is 0 Å². The lowest BCUT2D eigenvalue weighted by atomic mass is 9.47. The van der Waals surface area contributed by atoms with Crippen LogP contribution in [0.1, 0.15) is 119 Å². The second kappa shape index (κ2) is 10.5. The number of hydrogen-bond donors (Lipinski definition) is 0. The molecule has 2 nitrogen and oxygen atoms in total. The maximum atomic E-state index is 12.3. The molecule has 3 saturated carbocycles. The predicted molar refractivity (Wildman–Crippen MR) is 143 cm³/mol. The largest absolute Gasteiger partial charge is 0.461 e. The Morgan fingerprint density at radius 2 is 1.85 bits per heavy atom. The Kier molecular flexibility index (Phi) is 8.18. The Labute approximate surface area is 215 Å². The Balaban J connectivity index is 1.43. The van der Waals surface area contributed by atoms with Crippen LogP contribution in [-0.4, -0.2) is 17.5 Å². The van der Waals surface area contributed by atoms with Crippen LogP contribution in [-0.2, 0) is 9.53 Å². The van der Waals surface area contributed by atoms with E-state index in [0.717, 1.165) is 54.8 Å². The molecule has 0 aromatic heterocycles. The molecule has 0 saturated heterocycles. The van der Waals surface area contributed by atoms with Gasteiger partial charge in [-0.05, 0) is 97.7 Å². The van der Waals surface area contributed by atoms with Gasteiger partial charge in [0.1, 0.15) is 11.5 Å². The number of hydrogen-bond acceptors (Lipinski definition) is 2. The molecule has 3 fully saturated rings. The van der Waals surface area contributed by atoms with Gasteiger partial charge in [-0.25, -0.2) is 0 Å². The maximum absolute atomic E-state index is 12.3. The third-order valence-corrected chi connectivity index (χ3v) is 11.6. The Hall–Kier alpha value is -0.500. The smallest absolute Gasteiger partial charge is 0.324 e. The molecule has 0 heterocycles. The van der Waals surface area contributed by atoms with E-state index in [0.29, 0.717) is 17.3 Å². The molecule has 3 heteroatoms. The zero-order valence-electron chi connectivity index (χ0n) is 22.9. The van der Waals surface area contributed by atoms with E-state index in [1.54, 1.807) is 5.57 Å². The summed E-state index contributed by atoms with van der Waals surface area (Å²) in [6.07, 6.45) is 17.5. The molecule has 0 aliphatic heterocycles. The summed E-state index contributed by atoms with van der Waals surface area (Å²) in [7, 11) is 0. The van der Waals surface area contributed by atoms with Gasteiger partial charge in [0.05, 0.1) is 0 Å². The number of alkyl halides is 1. The van der Waals surface area contributed by atoms with Crippen LogP contribution in [0.25, 0.3) is 0 Å². The zero-order chi connectivity index (χ0) is 24.7. The van der Waals surface area contributed by atoms with Crippen LogP contribution in [0.3, 0.4) is 0 Å². The molecular weight excluding hydrogens is 440 g/mol. The third kappa shape index (κ3) is 4.88. The van der Waals surface area contributed by atoms with Crippen LogP contribution >= 0.6 is 11.6 Å². The van der Waals surface area contributed by atoms with Crippen molar-refractivity contribution < 1.29 is 9.53 Å². The first kappa shape index (κ1) is 26.6. The molecule has 9 atom stereocenters. The molecule has 0 bridgehead atoms. The number of ether oxygens (including phenoxy) is 1. The first-order valence-electron chi connectivity index (χ1n) is 14.6. The summed E-state index contributed by atoms with van der Waals surface area (Å²) in [6, 6.07) is 0. The minimum absolute atomic E-state index is 0.0209. The number of esters is 1. The Morgan fingerprint density at radius 3 is 2.56 bits per heavy atom. The molecular formula is C31H51ClO2. The second-order valence-corrected chi connectivity index (χ2v) is 14.0. The molecule has 0 aromatic carbocycles. The minimum Gasteiger partial charge on any atom is -0.461 e. The maximum Gasteiger partial charge on any atom is 0.324 e. The van der Waals surface area contributed by atoms with E-state index in [9.17, 15) is 4.79 Å². The highest BCUT2D eigenvalue weighted by atomic mass is 35.5. The first-order chi connectivity index (χ1) is 16.1. The summed E-state index contributed by atoms with van der Waals surface area (Å²) in [5.74, 6) is 4.96. The predicted octanol–water partition coefficient (Wildman–Crippen LogP) is 8.96. The summed E-state index contributed by atoms with van der Waals surface area (Å²) < 4.78 is 5.83. The monoisotopic (exact) mass is 490 g/mol. The van der Waals surface area contributed by atoms with Gasteiger partial charge in [-0.2, -0.15) is 0 Å². The van der Waals surface area contributed by atoms with Gasteiger partial charge in [-0.1, -0.05) is 72.5 Å². The van der Waals surface area contributed by atoms with Crippen molar-refractivity contribution >= 4 is 17.6 Å². The van der Waals surface area contributed by atoms with Gasteiger partial charge < -0.3 is 4.74 Å². The van der Waals surface area contributed by atoms with E-state index in [2.05, 4.69) is 40.7 Å². The molecule has 34 heavy (non-hydrogen) atoms. The molecule has 0 spiro atoms. The molecule has 0 radical (unpaired) electrons. The normalized spacial score (nSPS) is 41.2. The second-order valence-electron chi connectivity index (χ2n) is 13.5. The van der Waals surface area contributed by atoms with Crippen LogP contribution in [0, 0.1) is 46.3 Å². The van der Waals surface area contributed by atoms with E-state index in [-0.39, 0.29) is 12.1 Å². The molecule has 0 aromatic rings. The minimum atomic E-state index is -0.503. The van der Waals surface area contributed by atoms with Crippen molar-refractivity contribution in [3.63, 3.8) is 0 Å². The number of carbonyl (C=O) groups is 1. The third-order valence-electron chi connectivity index (χ3n) is 11.2. The zero-order valence-corrected chi connectivity index (χ0v) is 23.6. The molecule has 4 aliphatic carbocycles. The van der Waals surface area contributed by atoms with Crippen LogP contribution in [0.4, 0.5) is 0 Å². The summed E-state index contributed by atoms with van der Waals surface area (Å²) >= 11 is 6.14. The number of allylic oxidation sites excluding steroid dienone is 1. The number of halogens is 1. The average molecular weight is 491 g/mol. The van der Waals surface area contributed by atoms with Gasteiger partial charge in [-0.3, -0.25) is 4.79 Å². The van der Waals surface area contributed by atoms with Gasteiger partial charge in [0.15, 0.2) is 0 Å². The summed E-state index contributed by atoms with van der Waals surface area (Å²) in [5.41, 5.74) is 2.43. The van der Waals surface area contributed by atoms with Crippen molar-refractivity contribution in [3.8, 4) is 0 Å². The highest BCUT2D eigenvalue weighted by Crippen LogP contribution is 2.67. The molecule has 4 rings (SSSR count). The highest BCUT2D eigenvalue weighted by molar-refractivity contribution is 6.29. The van der Waals surface area contributed by atoms with Crippen molar-refractivity contribution in [3.05, 3.63) is 11.6 Å². The van der Waals surface area contributed by atoms with Crippen molar-refractivity contribution in [2.75, 3.05) is 0 Å². The number of carbonyl (C=O) groups excluding carboxylic acids is 1. The first-order valence-corrected chi connectivity index (χ1v) is 15.1. The van der Waals surface area contributed by atoms with Crippen molar-refractivity contribution in [2.24, 2.45) is 46.3 Å². The van der Waals surface area contributed by atoms with E-state index in [1.165, 1.54) is 51.4 Å². The van der Waals surface area contributed by atoms with Gasteiger partial charge in [0, 0.05) is 6.42 Å². The van der Waals surface area contributed by atoms with Crippen LogP contribution in [0.2, 0.25) is 0 Å². The fourth-order valence-electron chi connectivity index (χ4n) is 9.16. The van der Waals surface area contributed by atoms with Gasteiger partial charge in [0.2, 0.25) is 0 Å². The summed E-state index contributed by atoms with van der Waals surface area (Å²) in [5, 5.41) is -0.503. The van der Waals surface area contributed by atoms with E-state index < -0.39 is 5.38 Å². The average Bonchev–Trinajstić information content (AvgIpc) is 3.15. The molecule has 0 N–H and O–H groups in total. The fourth-order valence-corrected chi connectivity index (χ4v) is 9.21. The topological polar surface area (TPSA) is 26.3 Å². The van der Waals surface area contributed by atoms with Crippen LogP contribution in [0.15, 0.2) is 11.6 Å². The van der Waals surface area contributed by atoms with Gasteiger partial charge in [0.25, 0.3) is 0 Å². The Morgan fingerprint density at radius 1 is 1.09 bits per heavy atom. The molecule has 194 valence electrons. The molecule has 4 aliphatic rings. The quantitative estimate of drug-likeness (QED) is 0.193. The lowest BCUT2D eigenvalue weighted by Gasteiger charge is -2.58. The molecule has 9 unspecified atom stereocenters. The fraction of sp³-hybridized carbons (Fsp3) is 0.903. The SMILES string of the molecule is CCC(Cl)C(=O)OC1CCC2(C)C(=CCC3C2CCC2(C)C(C(C)CCCC(C)C)CCC32)C1. The standard InChI is InChI=1S/C31H51ClO2/c1-7-28(32)29(33)34-23-15-17-30(5)22(19-23)11-12-24-26-14-13-25(21(4)10-8-9-20(2)3)31(26,6)18-16-27(24)30/h11,20-21,23-28H,7-10,12-19H2,1-6H3. The summed E-state index contributed by atoms with van der Waals surface area (Å²) in [6.45, 7) is 14.5. The van der Waals surface area contributed by atoms with E-state index in [1.807, 2.05) is 6.92 Å². The van der Waals surface area contributed by atoms with Crippen molar-refractivity contribution in [1.29, 1.82) is 0 Å². The summed E-state index contributed by atoms with van der Waals surface area (Å²) in [4.78, 5) is 12.3. The van der Waals surface area contributed by atoms with Crippen LogP contribution < -0.4 is 0 Å². The lowest BCUT2D eigenvalue weighted by molar-refractivity contribution is -0.151. The van der Waals surface area contributed by atoms with Crippen molar-refractivity contribution in [2.45, 2.75) is 130 Å². The highest BCUT2D eigenvalue weighted by Gasteiger charge is 2.59. The van der Waals surface area contributed by atoms with Gasteiger partial charge >= 0.3 is 5.97 Å².